The molecule has 0 unspecified atom stereocenters. The summed E-state index contributed by atoms with van der Waals surface area (Å²) in [6, 6.07) is 5.38. The number of sulfonamides is 1. The molecular weight excluding hydrogens is 402 g/mol. The molecule has 1 aromatic carbocycles. The summed E-state index contributed by atoms with van der Waals surface area (Å²) in [4.78, 5) is 17.4. The van der Waals surface area contributed by atoms with E-state index in [1.165, 1.54) is 16.5 Å². The number of imidazole rings is 1. The molecule has 1 atom stereocenters. The Bertz CT molecular complexity index is 1040. The van der Waals surface area contributed by atoms with Crippen molar-refractivity contribution < 1.29 is 17.9 Å². The summed E-state index contributed by atoms with van der Waals surface area (Å²) in [6.07, 6.45) is 4.67. The first-order valence-corrected chi connectivity index (χ1v) is 11.0. The summed E-state index contributed by atoms with van der Waals surface area (Å²) >= 11 is 1.08. The number of hydrogen-bond acceptors (Lipinski definition) is 8. The van der Waals surface area contributed by atoms with Gasteiger partial charge in [0.05, 0.1) is 4.90 Å². The van der Waals surface area contributed by atoms with Crippen molar-refractivity contribution in [2.75, 3.05) is 6.54 Å². The van der Waals surface area contributed by atoms with E-state index in [1.807, 2.05) is 6.92 Å². The lowest BCUT2D eigenvalue weighted by atomic mass is 10.1. The van der Waals surface area contributed by atoms with Crippen LogP contribution in [0.2, 0.25) is 0 Å². The highest BCUT2D eigenvalue weighted by molar-refractivity contribution is 7.89. The number of nitrogens with one attached hydrogen (secondary N) is 1. The third kappa shape index (κ3) is 4.73. The van der Waals surface area contributed by atoms with Gasteiger partial charge >= 0.3 is 12.0 Å². The monoisotopic (exact) mass is 423 g/mol. The zero-order valence-electron chi connectivity index (χ0n) is 15.2. The molecule has 0 radical (unpaired) electrons. The third-order valence-electron chi connectivity index (χ3n) is 4.07. The lowest BCUT2D eigenvalue weighted by Gasteiger charge is -2.17. The molecule has 0 aliphatic heterocycles. The number of aromatic nitrogens is 3. The van der Waals surface area contributed by atoms with Crippen molar-refractivity contribution in [2.24, 2.45) is 5.73 Å². The molecule has 3 N–H and O–H groups in total. The normalized spacial score (nSPS) is 12.9. The number of rotatable bonds is 9. The maximum Gasteiger partial charge on any atom is 0.331 e. The fourth-order valence-electron chi connectivity index (χ4n) is 2.55. The van der Waals surface area contributed by atoms with Crippen molar-refractivity contribution in [2.45, 2.75) is 37.1 Å². The minimum absolute atomic E-state index is 0.0564. The molecule has 0 bridgehead atoms. The Kier molecular flexibility index (Phi) is 6.39. The topological polar surface area (TPSA) is 129 Å². The fourth-order valence-corrected chi connectivity index (χ4v) is 4.39. The second kappa shape index (κ2) is 8.78. The summed E-state index contributed by atoms with van der Waals surface area (Å²) < 4.78 is 38.7. The van der Waals surface area contributed by atoms with Gasteiger partial charge in [0.2, 0.25) is 15.0 Å². The number of fused-ring (bicyclic) bond motifs is 1. The van der Waals surface area contributed by atoms with Crippen LogP contribution in [0.1, 0.15) is 24.8 Å². The number of nitrogens with zero attached hydrogens (tertiary/aromatic N) is 3. The number of unbranched alkanes of at least 4 members (excludes halogenated alkanes) is 1. The lowest BCUT2D eigenvalue weighted by Crippen LogP contribution is -2.43. The molecule has 0 aliphatic carbocycles. The molecule has 28 heavy (non-hydrogen) atoms. The molecule has 0 fully saturated rings. The van der Waals surface area contributed by atoms with E-state index in [2.05, 4.69) is 14.1 Å². The number of aryl methyl sites for hydroxylation is 1. The van der Waals surface area contributed by atoms with Gasteiger partial charge in [0.1, 0.15) is 6.04 Å². The van der Waals surface area contributed by atoms with Crippen molar-refractivity contribution in [3.05, 3.63) is 42.2 Å². The third-order valence-corrected chi connectivity index (χ3v) is 6.27. The van der Waals surface area contributed by atoms with Gasteiger partial charge in [0.15, 0.2) is 0 Å². The molecule has 3 aromatic rings. The van der Waals surface area contributed by atoms with E-state index in [1.54, 1.807) is 24.5 Å². The van der Waals surface area contributed by atoms with E-state index in [4.69, 9.17) is 10.5 Å². The molecule has 0 saturated carbocycles. The summed E-state index contributed by atoms with van der Waals surface area (Å²) in [7, 11) is -3.89. The highest BCUT2D eigenvalue weighted by atomic mass is 32.2. The van der Waals surface area contributed by atoms with Crippen LogP contribution in [-0.4, -0.2) is 40.7 Å². The first-order chi connectivity index (χ1) is 13.4. The van der Waals surface area contributed by atoms with E-state index < -0.39 is 22.0 Å². The van der Waals surface area contributed by atoms with E-state index in [-0.39, 0.29) is 17.3 Å². The van der Waals surface area contributed by atoms with Gasteiger partial charge < -0.3 is 10.5 Å². The van der Waals surface area contributed by atoms with Crippen LogP contribution in [0.15, 0.2) is 41.6 Å². The van der Waals surface area contributed by atoms with Gasteiger partial charge in [0, 0.05) is 23.9 Å². The average molecular weight is 424 g/mol. The zero-order chi connectivity index (χ0) is 20.1. The van der Waals surface area contributed by atoms with Crippen LogP contribution in [0, 0.1) is 6.92 Å². The number of carbonyl (C=O) groups excluding carboxylic acids is 1. The Morgan fingerprint density at radius 2 is 2.07 bits per heavy atom. The highest BCUT2D eigenvalue weighted by Gasteiger charge is 2.28. The zero-order valence-corrected chi connectivity index (χ0v) is 16.9. The standard InChI is InChI=1S/C17H21N5O4S2/c1-12-5-7-13(8-6-12)28(24,25)21-14(4-2-3-9-18)15(23)26-16-20-27-17-19-10-11-22(16)17/h5-8,10-11,14,21H,2-4,9,18H2,1H3/t14-/m0/s1. The molecule has 150 valence electrons. The summed E-state index contributed by atoms with van der Waals surface area (Å²) in [5, 5.41) is 0. The Morgan fingerprint density at radius 1 is 1.32 bits per heavy atom. The molecule has 0 amide bonds. The minimum Gasteiger partial charge on any atom is -0.390 e. The van der Waals surface area contributed by atoms with E-state index in [0.717, 1.165) is 17.1 Å². The van der Waals surface area contributed by atoms with Gasteiger partial charge in [-0.25, -0.2) is 22.6 Å². The number of esters is 1. The predicted molar refractivity (Wildman–Crippen MR) is 105 cm³/mol. The second-order valence-corrected chi connectivity index (χ2v) is 8.68. The van der Waals surface area contributed by atoms with Crippen molar-refractivity contribution in [3.63, 3.8) is 0 Å². The van der Waals surface area contributed by atoms with E-state index in [0.29, 0.717) is 24.3 Å². The van der Waals surface area contributed by atoms with Crippen molar-refractivity contribution in [1.29, 1.82) is 0 Å². The predicted octanol–water partition coefficient (Wildman–Crippen LogP) is 1.48. The van der Waals surface area contributed by atoms with Gasteiger partial charge in [-0.3, -0.25) is 0 Å². The van der Waals surface area contributed by atoms with Crippen LogP contribution < -0.4 is 15.2 Å². The van der Waals surface area contributed by atoms with E-state index >= 15 is 0 Å². The Labute approximate surface area is 166 Å². The smallest absolute Gasteiger partial charge is 0.331 e. The van der Waals surface area contributed by atoms with Crippen LogP contribution >= 0.6 is 11.5 Å². The molecule has 2 aromatic heterocycles. The van der Waals surface area contributed by atoms with Gasteiger partial charge in [-0.2, -0.15) is 4.72 Å². The van der Waals surface area contributed by atoms with Crippen LogP contribution in [0.3, 0.4) is 0 Å². The Morgan fingerprint density at radius 3 is 2.79 bits per heavy atom. The van der Waals surface area contributed by atoms with Crippen LogP contribution in [0.25, 0.3) is 4.96 Å². The van der Waals surface area contributed by atoms with Crippen LogP contribution in [0.5, 0.6) is 6.01 Å². The summed E-state index contributed by atoms with van der Waals surface area (Å²) in [5.74, 6) is -0.728. The molecule has 11 heteroatoms. The first kappa shape index (κ1) is 20.4. The van der Waals surface area contributed by atoms with E-state index in [9.17, 15) is 13.2 Å². The first-order valence-electron chi connectivity index (χ1n) is 8.70. The molecule has 2 heterocycles. The maximum atomic E-state index is 12.7. The van der Waals surface area contributed by atoms with Crippen molar-refractivity contribution in [1.82, 2.24) is 18.5 Å². The minimum atomic E-state index is -3.89. The fraction of sp³-hybridized carbons (Fsp3) is 0.353. The quantitative estimate of drug-likeness (QED) is 0.394. The summed E-state index contributed by atoms with van der Waals surface area (Å²) in [5.41, 5.74) is 6.45. The van der Waals surface area contributed by atoms with Crippen molar-refractivity contribution in [3.8, 4) is 6.01 Å². The SMILES string of the molecule is Cc1ccc(S(=O)(=O)N[C@@H](CCCCN)C(=O)Oc2nsc3nccn23)cc1. The number of hydrogen-bond donors (Lipinski definition) is 2. The highest BCUT2D eigenvalue weighted by Crippen LogP contribution is 2.18. The molecule has 3 rings (SSSR count). The molecule has 9 nitrogen and oxygen atoms in total. The maximum absolute atomic E-state index is 12.7. The lowest BCUT2D eigenvalue weighted by molar-refractivity contribution is -0.137. The van der Waals surface area contributed by atoms with Gasteiger partial charge in [0.25, 0.3) is 0 Å². The number of carbonyl (C=O) groups is 1. The molecular formula is C17H21N5O4S2. The van der Waals surface area contributed by atoms with Crippen LogP contribution in [0.4, 0.5) is 0 Å². The molecule has 0 spiro atoms. The molecule has 0 saturated heterocycles. The van der Waals surface area contributed by atoms with Gasteiger partial charge in [-0.15, -0.1) is 4.37 Å². The van der Waals surface area contributed by atoms with Gasteiger partial charge in [-0.05, 0) is 38.4 Å². The van der Waals surface area contributed by atoms with Gasteiger partial charge in [-0.1, -0.05) is 24.1 Å². The largest absolute Gasteiger partial charge is 0.390 e. The Balaban J connectivity index is 1.78. The summed E-state index contributed by atoms with van der Waals surface area (Å²) in [6.45, 7) is 2.32. The second-order valence-electron chi connectivity index (χ2n) is 6.24. The number of nitrogens with two attached hydrogens (primary N) is 1. The Hall–Kier alpha value is -2.34. The molecule has 0 aliphatic rings. The van der Waals surface area contributed by atoms with Crippen LogP contribution in [-0.2, 0) is 14.8 Å². The average Bonchev–Trinajstić information content (AvgIpc) is 3.26. The van der Waals surface area contributed by atoms with Crippen molar-refractivity contribution >= 4 is 32.5 Å². The number of benzene rings is 1. The number of ether oxygens (including phenoxy) is 1.